The number of ether oxygens (including phenoxy) is 3. The Hall–Kier alpha value is -3.44. The molecule has 0 amide bonds. The molecule has 0 atom stereocenters. The molecule has 0 unspecified atom stereocenters. The number of nitro groups is 1. The van der Waals surface area contributed by atoms with Crippen LogP contribution in [0.3, 0.4) is 0 Å². The van der Waals surface area contributed by atoms with Gasteiger partial charge < -0.3 is 14.2 Å². The third-order valence-electron chi connectivity index (χ3n) is 4.79. The minimum Gasteiger partial charge on any atom is -0.493 e. The number of nitrogens with zero attached hydrogens (tertiary/aromatic N) is 2. The van der Waals surface area contributed by atoms with E-state index in [4.69, 9.17) is 25.8 Å². The first-order chi connectivity index (χ1) is 16.3. The van der Waals surface area contributed by atoms with Crippen molar-refractivity contribution in [2.45, 2.75) is 6.61 Å². The largest absolute Gasteiger partial charge is 0.493 e. The summed E-state index contributed by atoms with van der Waals surface area (Å²) < 4.78 is 17.4. The number of halogens is 2. The van der Waals surface area contributed by atoms with Crippen molar-refractivity contribution in [3.05, 3.63) is 102 Å². The highest BCUT2D eigenvalue weighted by molar-refractivity contribution is 14.1. The Morgan fingerprint density at radius 2 is 1.97 bits per heavy atom. The van der Waals surface area contributed by atoms with E-state index in [-0.39, 0.29) is 23.9 Å². The topological polar surface area (TPSA) is 100 Å². The van der Waals surface area contributed by atoms with E-state index >= 15 is 0 Å². The molecule has 1 heterocycles. The average Bonchev–Trinajstić information content (AvgIpc) is 3.19. The van der Waals surface area contributed by atoms with Gasteiger partial charge in [0.05, 0.1) is 22.6 Å². The van der Waals surface area contributed by atoms with E-state index in [1.54, 1.807) is 48.5 Å². The van der Waals surface area contributed by atoms with Gasteiger partial charge in [0, 0.05) is 15.7 Å². The summed E-state index contributed by atoms with van der Waals surface area (Å²) in [6, 6.07) is 16.7. The second-order valence-corrected chi connectivity index (χ2v) is 8.74. The standard InChI is InChI=1S/C24H16ClIN2O6/c1-32-22-11-14(5-8-21(22)33-13-15-3-2-4-17(9-15)28(30)31)10-20-24(29)34-23(27-20)18-12-16(26)6-7-19(18)25/h2-12H,13H2,1H3/b20-10-. The summed E-state index contributed by atoms with van der Waals surface area (Å²) in [5.74, 6) is 0.425. The average molecular weight is 591 g/mol. The van der Waals surface area contributed by atoms with Crippen LogP contribution in [0.2, 0.25) is 5.02 Å². The van der Waals surface area contributed by atoms with Crippen molar-refractivity contribution in [1.82, 2.24) is 0 Å². The molecule has 0 radical (unpaired) electrons. The number of carbonyl (C=O) groups is 1. The van der Waals surface area contributed by atoms with Crippen LogP contribution in [0.1, 0.15) is 16.7 Å². The van der Waals surface area contributed by atoms with E-state index in [2.05, 4.69) is 27.6 Å². The number of aliphatic imine (C=N–C) groups is 1. The van der Waals surface area contributed by atoms with Gasteiger partial charge in [-0.1, -0.05) is 29.8 Å². The van der Waals surface area contributed by atoms with Gasteiger partial charge in [0.25, 0.3) is 5.69 Å². The molecule has 1 aliphatic rings. The highest BCUT2D eigenvalue weighted by Gasteiger charge is 2.26. The first-order valence-corrected chi connectivity index (χ1v) is 11.3. The summed E-state index contributed by atoms with van der Waals surface area (Å²) in [6.07, 6.45) is 1.57. The van der Waals surface area contributed by atoms with E-state index in [1.807, 2.05) is 6.07 Å². The Balaban J connectivity index is 1.55. The molecule has 3 aromatic carbocycles. The van der Waals surface area contributed by atoms with Crippen molar-refractivity contribution in [2.75, 3.05) is 7.11 Å². The summed E-state index contributed by atoms with van der Waals surface area (Å²) >= 11 is 8.37. The van der Waals surface area contributed by atoms with Crippen LogP contribution in [-0.2, 0) is 16.1 Å². The number of carbonyl (C=O) groups excluding carboxylic acids is 1. The zero-order chi connectivity index (χ0) is 24.2. The molecule has 34 heavy (non-hydrogen) atoms. The lowest BCUT2D eigenvalue weighted by atomic mass is 10.1. The molecule has 0 saturated heterocycles. The van der Waals surface area contributed by atoms with E-state index in [0.717, 1.165) is 3.57 Å². The minimum atomic E-state index is -0.588. The van der Waals surface area contributed by atoms with Gasteiger partial charge in [-0.15, -0.1) is 0 Å². The molecular formula is C24H16ClIN2O6. The highest BCUT2D eigenvalue weighted by Crippen LogP contribution is 2.31. The number of cyclic esters (lactones) is 1. The summed E-state index contributed by atoms with van der Waals surface area (Å²) in [6.45, 7) is 0.120. The summed E-state index contributed by atoms with van der Waals surface area (Å²) in [5.41, 5.74) is 1.94. The molecule has 0 spiro atoms. The van der Waals surface area contributed by atoms with Crippen LogP contribution in [0.15, 0.2) is 71.4 Å². The normalized spacial score (nSPS) is 14.0. The molecular weight excluding hydrogens is 575 g/mol. The Kier molecular flexibility index (Phi) is 7.13. The zero-order valence-corrected chi connectivity index (χ0v) is 20.6. The summed E-state index contributed by atoms with van der Waals surface area (Å²) in [4.78, 5) is 27.2. The fraction of sp³-hybridized carbons (Fsp3) is 0.0833. The monoisotopic (exact) mass is 590 g/mol. The lowest BCUT2D eigenvalue weighted by molar-refractivity contribution is -0.384. The molecule has 0 N–H and O–H groups in total. The molecule has 172 valence electrons. The zero-order valence-electron chi connectivity index (χ0n) is 17.7. The number of hydrogen-bond acceptors (Lipinski definition) is 7. The predicted octanol–water partition coefficient (Wildman–Crippen LogP) is 5.78. The van der Waals surface area contributed by atoms with Gasteiger partial charge in [-0.05, 0) is 70.1 Å². The molecule has 0 fully saturated rings. The third-order valence-corrected chi connectivity index (χ3v) is 5.79. The van der Waals surface area contributed by atoms with Gasteiger partial charge in [0.2, 0.25) is 5.90 Å². The van der Waals surface area contributed by atoms with E-state index in [1.165, 1.54) is 19.2 Å². The van der Waals surface area contributed by atoms with Gasteiger partial charge in [0.15, 0.2) is 17.2 Å². The van der Waals surface area contributed by atoms with Crippen molar-refractivity contribution < 1.29 is 23.9 Å². The van der Waals surface area contributed by atoms with Crippen LogP contribution in [0.4, 0.5) is 5.69 Å². The number of rotatable bonds is 7. The van der Waals surface area contributed by atoms with Crippen molar-refractivity contribution in [1.29, 1.82) is 0 Å². The molecule has 0 bridgehead atoms. The van der Waals surface area contributed by atoms with Crippen LogP contribution in [-0.4, -0.2) is 23.9 Å². The maximum absolute atomic E-state index is 12.4. The smallest absolute Gasteiger partial charge is 0.363 e. The van der Waals surface area contributed by atoms with Crippen molar-refractivity contribution in [3.8, 4) is 11.5 Å². The SMILES string of the molecule is COc1cc(/C=C2\N=C(c3cc(I)ccc3Cl)OC2=O)ccc1OCc1cccc([N+](=O)[O-])c1. The lowest BCUT2D eigenvalue weighted by Gasteiger charge is -2.11. The van der Waals surface area contributed by atoms with Crippen molar-refractivity contribution >= 4 is 57.8 Å². The van der Waals surface area contributed by atoms with E-state index < -0.39 is 10.9 Å². The van der Waals surface area contributed by atoms with Gasteiger partial charge >= 0.3 is 5.97 Å². The second kappa shape index (κ2) is 10.2. The molecule has 0 saturated carbocycles. The van der Waals surface area contributed by atoms with Crippen LogP contribution in [0, 0.1) is 13.7 Å². The third kappa shape index (κ3) is 5.37. The quantitative estimate of drug-likeness (QED) is 0.114. The summed E-state index contributed by atoms with van der Waals surface area (Å²) in [7, 11) is 1.49. The molecule has 3 aromatic rings. The number of non-ortho nitro benzene ring substituents is 1. The van der Waals surface area contributed by atoms with Crippen LogP contribution >= 0.6 is 34.2 Å². The van der Waals surface area contributed by atoms with Gasteiger partial charge in [0.1, 0.15) is 6.61 Å². The second-order valence-electron chi connectivity index (χ2n) is 7.09. The maximum atomic E-state index is 12.4. The van der Waals surface area contributed by atoms with Gasteiger partial charge in [-0.25, -0.2) is 9.79 Å². The number of benzene rings is 3. The molecule has 1 aliphatic heterocycles. The Bertz CT molecular complexity index is 1360. The maximum Gasteiger partial charge on any atom is 0.363 e. The Labute approximate surface area is 213 Å². The van der Waals surface area contributed by atoms with E-state index in [9.17, 15) is 14.9 Å². The Morgan fingerprint density at radius 3 is 2.74 bits per heavy atom. The van der Waals surface area contributed by atoms with Crippen LogP contribution < -0.4 is 9.47 Å². The highest BCUT2D eigenvalue weighted by atomic mass is 127. The fourth-order valence-electron chi connectivity index (χ4n) is 3.16. The number of nitro benzene ring substituents is 1. The Morgan fingerprint density at radius 1 is 1.15 bits per heavy atom. The van der Waals surface area contributed by atoms with Crippen molar-refractivity contribution in [2.24, 2.45) is 4.99 Å². The minimum absolute atomic E-state index is 0.00934. The van der Waals surface area contributed by atoms with Crippen LogP contribution in [0.5, 0.6) is 11.5 Å². The molecule has 10 heteroatoms. The molecule has 0 aromatic heterocycles. The van der Waals surface area contributed by atoms with Crippen LogP contribution in [0.25, 0.3) is 6.08 Å². The lowest BCUT2D eigenvalue weighted by Crippen LogP contribution is -2.06. The summed E-state index contributed by atoms with van der Waals surface area (Å²) in [5, 5.41) is 11.4. The first-order valence-electron chi connectivity index (χ1n) is 9.86. The number of hydrogen-bond donors (Lipinski definition) is 0. The number of esters is 1. The number of methoxy groups -OCH3 is 1. The van der Waals surface area contributed by atoms with Gasteiger partial charge in [-0.2, -0.15) is 0 Å². The fourth-order valence-corrected chi connectivity index (χ4v) is 3.85. The van der Waals surface area contributed by atoms with E-state index in [0.29, 0.717) is 33.2 Å². The molecule has 4 rings (SSSR count). The molecule has 8 nitrogen and oxygen atoms in total. The van der Waals surface area contributed by atoms with Crippen molar-refractivity contribution in [3.63, 3.8) is 0 Å². The predicted molar refractivity (Wildman–Crippen MR) is 135 cm³/mol. The molecule has 0 aliphatic carbocycles. The first kappa shape index (κ1) is 23.7. The van der Waals surface area contributed by atoms with Gasteiger partial charge in [-0.3, -0.25) is 10.1 Å².